The molecule has 6 nitrogen and oxygen atoms in total. The van der Waals surface area contributed by atoms with Crippen LogP contribution in [0.4, 0.5) is 0 Å². The number of nitrogens with zero attached hydrogens (tertiary/aromatic N) is 3. The first-order chi connectivity index (χ1) is 12.1. The van der Waals surface area contributed by atoms with E-state index in [-0.39, 0.29) is 29.9 Å². The molecule has 1 aliphatic heterocycles. The molecule has 1 aliphatic rings. The van der Waals surface area contributed by atoms with Crippen molar-refractivity contribution in [3.05, 3.63) is 35.4 Å². The molecule has 0 atom stereocenters. The number of hydrogen-bond donors (Lipinski definition) is 2. The Kier molecular flexibility index (Phi) is 10.6. The molecule has 1 heterocycles. The number of guanidine groups is 1. The molecule has 1 aromatic rings. The summed E-state index contributed by atoms with van der Waals surface area (Å²) in [7, 11) is 0. The maximum Gasteiger partial charge on any atom is 0.219 e. The van der Waals surface area contributed by atoms with Gasteiger partial charge in [-0.25, -0.2) is 4.99 Å². The van der Waals surface area contributed by atoms with Crippen LogP contribution in [0.25, 0.3) is 0 Å². The van der Waals surface area contributed by atoms with Crippen LogP contribution in [0.5, 0.6) is 0 Å². The van der Waals surface area contributed by atoms with Crippen molar-refractivity contribution in [3.63, 3.8) is 0 Å². The van der Waals surface area contributed by atoms with Crippen molar-refractivity contribution in [2.45, 2.75) is 27.3 Å². The Bertz CT molecular complexity index is 568. The van der Waals surface area contributed by atoms with E-state index >= 15 is 0 Å². The molecule has 0 saturated carbocycles. The molecule has 26 heavy (non-hydrogen) atoms. The number of hydrogen-bond acceptors (Lipinski definition) is 3. The third-order valence-corrected chi connectivity index (χ3v) is 4.42. The van der Waals surface area contributed by atoms with Gasteiger partial charge >= 0.3 is 0 Å². The minimum absolute atomic E-state index is 0. The average molecular weight is 473 g/mol. The van der Waals surface area contributed by atoms with Crippen molar-refractivity contribution < 1.29 is 4.79 Å². The quantitative estimate of drug-likeness (QED) is 0.376. The Labute approximate surface area is 174 Å². The van der Waals surface area contributed by atoms with Crippen LogP contribution in [0.1, 0.15) is 25.0 Å². The summed E-state index contributed by atoms with van der Waals surface area (Å²) >= 11 is 0. The zero-order valence-corrected chi connectivity index (χ0v) is 18.5. The van der Waals surface area contributed by atoms with Gasteiger partial charge in [0.2, 0.25) is 5.91 Å². The van der Waals surface area contributed by atoms with Crippen molar-refractivity contribution in [2.75, 3.05) is 45.8 Å². The molecule has 0 aromatic heterocycles. The zero-order valence-electron chi connectivity index (χ0n) is 16.1. The summed E-state index contributed by atoms with van der Waals surface area (Å²) in [6.45, 7) is 12.7. The summed E-state index contributed by atoms with van der Waals surface area (Å²) in [5.74, 6) is 1.03. The van der Waals surface area contributed by atoms with E-state index in [1.54, 1.807) is 6.92 Å². The number of halogens is 1. The van der Waals surface area contributed by atoms with Crippen LogP contribution in [0.2, 0.25) is 0 Å². The van der Waals surface area contributed by atoms with Crippen molar-refractivity contribution in [1.82, 2.24) is 20.4 Å². The van der Waals surface area contributed by atoms with E-state index in [4.69, 9.17) is 0 Å². The van der Waals surface area contributed by atoms with Crippen molar-refractivity contribution in [1.29, 1.82) is 0 Å². The van der Waals surface area contributed by atoms with Gasteiger partial charge in [-0.2, -0.15) is 0 Å². The Morgan fingerprint density at radius 2 is 1.77 bits per heavy atom. The number of carbonyl (C=O) groups excluding carboxylic acids is 1. The third-order valence-electron chi connectivity index (χ3n) is 4.42. The first-order valence-corrected chi connectivity index (χ1v) is 9.14. The monoisotopic (exact) mass is 473 g/mol. The maximum absolute atomic E-state index is 11.4. The van der Waals surface area contributed by atoms with Crippen LogP contribution in [-0.2, 0) is 11.3 Å². The highest BCUT2D eigenvalue weighted by molar-refractivity contribution is 14.0. The number of rotatable bonds is 6. The lowest BCUT2D eigenvalue weighted by molar-refractivity contribution is -0.130. The highest BCUT2D eigenvalue weighted by Gasteiger charge is 2.17. The number of aliphatic imine (C=N–C) groups is 1. The maximum atomic E-state index is 11.4. The summed E-state index contributed by atoms with van der Waals surface area (Å²) in [6, 6.07) is 8.48. The second kappa shape index (κ2) is 12.1. The lowest BCUT2D eigenvalue weighted by Crippen LogP contribution is -2.50. The number of nitrogens with one attached hydrogen (secondary N) is 2. The molecule has 2 rings (SSSR count). The van der Waals surface area contributed by atoms with Gasteiger partial charge in [0.1, 0.15) is 0 Å². The number of aryl methyl sites for hydroxylation is 1. The largest absolute Gasteiger partial charge is 0.357 e. The van der Waals surface area contributed by atoms with Gasteiger partial charge < -0.3 is 15.5 Å². The first-order valence-electron chi connectivity index (χ1n) is 9.14. The van der Waals surface area contributed by atoms with E-state index in [9.17, 15) is 4.79 Å². The summed E-state index contributed by atoms with van der Waals surface area (Å²) in [5.41, 5.74) is 2.48. The van der Waals surface area contributed by atoms with Gasteiger partial charge in [0.25, 0.3) is 0 Å². The van der Waals surface area contributed by atoms with Gasteiger partial charge in [0.15, 0.2) is 5.96 Å². The number of amides is 1. The van der Waals surface area contributed by atoms with Crippen molar-refractivity contribution >= 4 is 35.8 Å². The Hall–Kier alpha value is -1.35. The molecular formula is C19H32IN5O. The normalized spacial score (nSPS) is 15.3. The van der Waals surface area contributed by atoms with Crippen LogP contribution in [0.15, 0.2) is 29.3 Å². The minimum Gasteiger partial charge on any atom is -0.357 e. The number of piperazine rings is 1. The fourth-order valence-electron chi connectivity index (χ4n) is 2.82. The van der Waals surface area contributed by atoms with Crippen molar-refractivity contribution in [3.8, 4) is 0 Å². The molecule has 7 heteroatoms. The zero-order chi connectivity index (χ0) is 18.1. The van der Waals surface area contributed by atoms with Gasteiger partial charge in [0.05, 0.1) is 6.54 Å². The number of carbonyl (C=O) groups is 1. The standard InChI is InChI=1S/C19H31N5O.HI/c1-4-20-19(22-15-18-7-5-16(2)6-8-18)21-9-10-23-11-13-24(14-12-23)17(3)25;/h5-8H,4,9-15H2,1-3H3,(H2,20,21,22);1H. The van der Waals surface area contributed by atoms with E-state index in [1.165, 1.54) is 11.1 Å². The molecule has 0 spiro atoms. The molecule has 0 bridgehead atoms. The van der Waals surface area contributed by atoms with Crippen LogP contribution in [-0.4, -0.2) is 67.5 Å². The molecule has 1 amide bonds. The molecular weight excluding hydrogens is 441 g/mol. The lowest BCUT2D eigenvalue weighted by atomic mass is 10.1. The van der Waals surface area contributed by atoms with E-state index in [1.807, 2.05) is 4.90 Å². The van der Waals surface area contributed by atoms with Crippen molar-refractivity contribution in [2.24, 2.45) is 4.99 Å². The molecule has 2 N–H and O–H groups in total. The van der Waals surface area contributed by atoms with Crippen LogP contribution in [0.3, 0.4) is 0 Å². The molecule has 0 aliphatic carbocycles. The Morgan fingerprint density at radius 1 is 1.12 bits per heavy atom. The molecule has 1 fully saturated rings. The molecule has 1 saturated heterocycles. The fraction of sp³-hybridized carbons (Fsp3) is 0.579. The Morgan fingerprint density at radius 3 is 2.35 bits per heavy atom. The molecule has 0 radical (unpaired) electrons. The number of benzene rings is 1. The second-order valence-electron chi connectivity index (χ2n) is 6.46. The lowest BCUT2D eigenvalue weighted by Gasteiger charge is -2.34. The highest BCUT2D eigenvalue weighted by atomic mass is 127. The van der Waals surface area contributed by atoms with Crippen LogP contribution < -0.4 is 10.6 Å². The van der Waals surface area contributed by atoms with E-state index in [2.05, 4.69) is 58.6 Å². The van der Waals surface area contributed by atoms with Crippen LogP contribution in [0, 0.1) is 6.92 Å². The summed E-state index contributed by atoms with van der Waals surface area (Å²) in [6.07, 6.45) is 0. The summed E-state index contributed by atoms with van der Waals surface area (Å²) in [5, 5.41) is 6.69. The topological polar surface area (TPSA) is 60.0 Å². The third kappa shape index (κ3) is 7.90. The van der Waals surface area contributed by atoms with Crippen LogP contribution >= 0.6 is 24.0 Å². The summed E-state index contributed by atoms with van der Waals surface area (Å²) in [4.78, 5) is 20.3. The summed E-state index contributed by atoms with van der Waals surface area (Å²) < 4.78 is 0. The van der Waals surface area contributed by atoms with Gasteiger partial charge in [0, 0.05) is 52.7 Å². The smallest absolute Gasteiger partial charge is 0.219 e. The predicted octanol–water partition coefficient (Wildman–Crippen LogP) is 1.83. The van der Waals surface area contributed by atoms with E-state index in [0.29, 0.717) is 6.54 Å². The molecule has 146 valence electrons. The fourth-order valence-corrected chi connectivity index (χ4v) is 2.82. The SMILES string of the molecule is CCNC(=NCc1ccc(C)cc1)NCCN1CCN(C(C)=O)CC1.I. The van der Waals surface area contributed by atoms with Gasteiger partial charge in [-0.15, -0.1) is 24.0 Å². The van der Waals surface area contributed by atoms with E-state index < -0.39 is 0 Å². The minimum atomic E-state index is 0. The van der Waals surface area contributed by atoms with E-state index in [0.717, 1.165) is 51.8 Å². The predicted molar refractivity (Wildman–Crippen MR) is 118 cm³/mol. The van der Waals surface area contributed by atoms with Gasteiger partial charge in [-0.3, -0.25) is 9.69 Å². The molecule has 0 unspecified atom stereocenters. The second-order valence-corrected chi connectivity index (χ2v) is 6.46. The van der Waals surface area contributed by atoms with Gasteiger partial charge in [-0.05, 0) is 19.4 Å². The first kappa shape index (κ1) is 22.7. The average Bonchev–Trinajstić information content (AvgIpc) is 2.61. The Balaban J connectivity index is 0.00000338. The van der Waals surface area contributed by atoms with Gasteiger partial charge in [-0.1, -0.05) is 29.8 Å². The highest BCUT2D eigenvalue weighted by Crippen LogP contribution is 2.04. The molecule has 1 aromatic carbocycles.